The zero-order chi connectivity index (χ0) is 13.3. The molecule has 0 aliphatic rings. The lowest BCUT2D eigenvalue weighted by Gasteiger charge is -2.08. The number of aryl methyl sites for hydroxylation is 2. The Morgan fingerprint density at radius 1 is 0.833 bits per heavy atom. The van der Waals surface area contributed by atoms with E-state index in [4.69, 9.17) is 28.5 Å². The van der Waals surface area contributed by atoms with E-state index in [9.17, 15) is 0 Å². The van der Waals surface area contributed by atoms with Gasteiger partial charge in [0.2, 0.25) is 0 Å². The fourth-order valence-electron chi connectivity index (χ4n) is 1.99. The number of hydrogen-bond acceptors (Lipinski definition) is 1. The molecule has 0 radical (unpaired) electrons. The van der Waals surface area contributed by atoms with E-state index in [1.807, 2.05) is 19.9 Å². The highest BCUT2D eigenvalue weighted by molar-refractivity contribution is 6.37. The smallest absolute Gasteiger partial charge is 0.102 e. The highest BCUT2D eigenvalue weighted by Gasteiger charge is 2.09. The quantitative estimate of drug-likeness (QED) is 0.706. The van der Waals surface area contributed by atoms with Crippen LogP contribution in [0, 0.1) is 25.2 Å². The summed E-state index contributed by atoms with van der Waals surface area (Å²) in [6.45, 7) is 4.09. The summed E-state index contributed by atoms with van der Waals surface area (Å²) in [6, 6.07) is 11.8. The first kappa shape index (κ1) is 13.0. The minimum absolute atomic E-state index is 0.325. The van der Waals surface area contributed by atoms with Gasteiger partial charge in [0.05, 0.1) is 15.6 Å². The molecule has 0 saturated heterocycles. The molecule has 0 amide bonds. The van der Waals surface area contributed by atoms with Crippen molar-refractivity contribution < 1.29 is 0 Å². The highest BCUT2D eigenvalue weighted by atomic mass is 35.5. The molecule has 0 heterocycles. The van der Waals surface area contributed by atoms with Crippen LogP contribution in [0.25, 0.3) is 11.1 Å². The fraction of sp³-hybridized carbons (Fsp3) is 0.133. The van der Waals surface area contributed by atoms with Crippen molar-refractivity contribution in [1.29, 1.82) is 5.26 Å². The molecule has 2 aromatic carbocycles. The molecule has 0 bridgehead atoms. The van der Waals surface area contributed by atoms with E-state index in [0.29, 0.717) is 15.6 Å². The van der Waals surface area contributed by atoms with E-state index in [1.165, 1.54) is 11.1 Å². The average Bonchev–Trinajstić information content (AvgIpc) is 2.27. The Morgan fingerprint density at radius 3 is 1.72 bits per heavy atom. The van der Waals surface area contributed by atoms with Gasteiger partial charge in [-0.2, -0.15) is 5.26 Å². The van der Waals surface area contributed by atoms with Gasteiger partial charge >= 0.3 is 0 Å². The van der Waals surface area contributed by atoms with Crippen LogP contribution in [0.2, 0.25) is 10.0 Å². The van der Waals surface area contributed by atoms with Crippen molar-refractivity contribution in [2.45, 2.75) is 13.8 Å². The fourth-order valence-corrected chi connectivity index (χ4v) is 2.56. The Kier molecular flexibility index (Phi) is 3.61. The summed E-state index contributed by atoms with van der Waals surface area (Å²) in [5.41, 5.74) is 4.67. The third-order valence-corrected chi connectivity index (χ3v) is 3.31. The topological polar surface area (TPSA) is 23.8 Å². The van der Waals surface area contributed by atoms with Crippen LogP contribution in [0.4, 0.5) is 0 Å². The number of halogens is 2. The van der Waals surface area contributed by atoms with E-state index in [1.54, 1.807) is 12.1 Å². The molecule has 2 rings (SSSR count). The van der Waals surface area contributed by atoms with E-state index in [2.05, 4.69) is 18.2 Å². The van der Waals surface area contributed by atoms with Gasteiger partial charge in [-0.3, -0.25) is 0 Å². The Morgan fingerprint density at radius 2 is 1.28 bits per heavy atom. The maximum atomic E-state index is 8.93. The molecule has 0 aliphatic heterocycles. The predicted octanol–water partition coefficient (Wildman–Crippen LogP) is 5.15. The van der Waals surface area contributed by atoms with Crippen LogP contribution < -0.4 is 0 Å². The minimum Gasteiger partial charge on any atom is -0.192 e. The van der Waals surface area contributed by atoms with Gasteiger partial charge in [-0.1, -0.05) is 52.5 Å². The molecule has 0 spiro atoms. The third kappa shape index (κ3) is 2.51. The van der Waals surface area contributed by atoms with Crippen molar-refractivity contribution in [1.82, 2.24) is 0 Å². The molecule has 3 heteroatoms. The van der Waals surface area contributed by atoms with Crippen LogP contribution in [0.1, 0.15) is 16.7 Å². The largest absolute Gasteiger partial charge is 0.192 e. The highest BCUT2D eigenvalue weighted by Crippen LogP contribution is 2.32. The van der Waals surface area contributed by atoms with Crippen molar-refractivity contribution in [2.24, 2.45) is 0 Å². The lowest BCUT2D eigenvalue weighted by atomic mass is 10.00. The molecule has 0 saturated carbocycles. The predicted molar refractivity (Wildman–Crippen MR) is 76.1 cm³/mol. The van der Waals surface area contributed by atoms with Crippen LogP contribution in [-0.4, -0.2) is 0 Å². The van der Waals surface area contributed by atoms with E-state index in [-0.39, 0.29) is 0 Å². The summed E-state index contributed by atoms with van der Waals surface area (Å²) in [5.74, 6) is 0. The number of benzene rings is 2. The molecule has 1 nitrogen and oxygen atoms in total. The first-order chi connectivity index (χ1) is 8.51. The number of nitrogens with zero attached hydrogens (tertiary/aromatic N) is 1. The monoisotopic (exact) mass is 275 g/mol. The summed E-state index contributed by atoms with van der Waals surface area (Å²) >= 11 is 12.1. The summed E-state index contributed by atoms with van der Waals surface area (Å²) in [5, 5.41) is 9.71. The molecule has 0 aliphatic carbocycles. The standard InChI is InChI=1S/C15H11Cl2N/c1-9-3-10(2)5-11(4-9)12-6-14(16)13(8-18)15(17)7-12/h3-7H,1-2H3. The van der Waals surface area contributed by atoms with Crippen molar-refractivity contribution in [2.75, 3.05) is 0 Å². The first-order valence-electron chi connectivity index (χ1n) is 5.49. The second-order valence-corrected chi connectivity index (χ2v) is 5.12. The molecular weight excluding hydrogens is 265 g/mol. The summed E-state index contributed by atoms with van der Waals surface area (Å²) in [4.78, 5) is 0. The normalized spacial score (nSPS) is 10.2. The second kappa shape index (κ2) is 5.02. The van der Waals surface area contributed by atoms with Crippen molar-refractivity contribution in [3.05, 3.63) is 57.1 Å². The van der Waals surface area contributed by atoms with Gasteiger partial charge in [0.25, 0.3) is 0 Å². The summed E-state index contributed by atoms with van der Waals surface area (Å²) < 4.78 is 0. The number of nitriles is 1. The van der Waals surface area contributed by atoms with Gasteiger partial charge < -0.3 is 0 Å². The van der Waals surface area contributed by atoms with Gasteiger partial charge in [-0.25, -0.2) is 0 Å². The van der Waals surface area contributed by atoms with E-state index in [0.717, 1.165) is 11.1 Å². The van der Waals surface area contributed by atoms with Gasteiger partial charge in [0, 0.05) is 0 Å². The summed E-state index contributed by atoms with van der Waals surface area (Å²) in [7, 11) is 0. The van der Waals surface area contributed by atoms with Gasteiger partial charge in [-0.15, -0.1) is 0 Å². The number of hydrogen-bond donors (Lipinski definition) is 0. The van der Waals surface area contributed by atoms with E-state index < -0.39 is 0 Å². The average molecular weight is 276 g/mol. The Balaban J connectivity index is 2.62. The minimum atomic E-state index is 0.325. The molecular formula is C15H11Cl2N. The third-order valence-electron chi connectivity index (χ3n) is 2.71. The Hall–Kier alpha value is -1.49. The summed E-state index contributed by atoms with van der Waals surface area (Å²) in [6.07, 6.45) is 0. The maximum Gasteiger partial charge on any atom is 0.102 e. The molecule has 90 valence electrons. The van der Waals surface area contributed by atoms with Crippen LogP contribution in [0.3, 0.4) is 0 Å². The lowest BCUT2D eigenvalue weighted by Crippen LogP contribution is -1.86. The van der Waals surface area contributed by atoms with Crippen molar-refractivity contribution in [3.63, 3.8) is 0 Å². The van der Waals surface area contributed by atoms with E-state index >= 15 is 0 Å². The molecule has 2 aromatic rings. The van der Waals surface area contributed by atoms with Crippen LogP contribution in [0.15, 0.2) is 30.3 Å². The molecule has 0 unspecified atom stereocenters. The van der Waals surface area contributed by atoms with Crippen molar-refractivity contribution in [3.8, 4) is 17.2 Å². The molecule has 0 atom stereocenters. The van der Waals surface area contributed by atoms with Gasteiger partial charge in [0.15, 0.2) is 0 Å². The van der Waals surface area contributed by atoms with Gasteiger partial charge in [-0.05, 0) is 37.1 Å². The zero-order valence-corrected chi connectivity index (χ0v) is 11.6. The Bertz CT molecular complexity index is 611. The molecule has 0 N–H and O–H groups in total. The van der Waals surface area contributed by atoms with Crippen LogP contribution >= 0.6 is 23.2 Å². The maximum absolute atomic E-state index is 8.93. The first-order valence-corrected chi connectivity index (χ1v) is 6.24. The lowest BCUT2D eigenvalue weighted by molar-refractivity contribution is 1.38. The molecule has 0 aromatic heterocycles. The second-order valence-electron chi connectivity index (χ2n) is 4.30. The SMILES string of the molecule is Cc1cc(C)cc(-c2cc(Cl)c(C#N)c(Cl)c2)c1. The van der Waals surface area contributed by atoms with Gasteiger partial charge in [0.1, 0.15) is 6.07 Å². The molecule has 18 heavy (non-hydrogen) atoms. The Labute approximate surface area is 117 Å². The van der Waals surface area contributed by atoms with Crippen molar-refractivity contribution >= 4 is 23.2 Å². The van der Waals surface area contributed by atoms with Crippen LogP contribution in [0.5, 0.6) is 0 Å². The zero-order valence-electron chi connectivity index (χ0n) is 10.1. The molecule has 0 fully saturated rings. The number of rotatable bonds is 1. The van der Waals surface area contributed by atoms with Crippen LogP contribution in [-0.2, 0) is 0 Å².